The van der Waals surface area contributed by atoms with Crippen LogP contribution >= 0.6 is 0 Å². The Balaban J connectivity index is 0. The van der Waals surface area contributed by atoms with Crippen LogP contribution in [0.4, 0.5) is 4.70 Å². The van der Waals surface area contributed by atoms with Crippen molar-refractivity contribution in [1.82, 2.24) is 0 Å². The lowest BCUT2D eigenvalue weighted by Crippen LogP contribution is -1.98. The molecular formula is C5H9FO4. The van der Waals surface area contributed by atoms with Crippen molar-refractivity contribution in [1.29, 1.82) is 0 Å². The molecule has 60 valence electrons. The highest BCUT2D eigenvalue weighted by Gasteiger charge is 1.99. The Kier molecular flexibility index (Phi) is 6.98. The predicted molar refractivity (Wildman–Crippen MR) is 31.6 cm³/mol. The van der Waals surface area contributed by atoms with E-state index in [1.54, 1.807) is 0 Å². The van der Waals surface area contributed by atoms with Gasteiger partial charge in [0.05, 0.1) is 0 Å². The summed E-state index contributed by atoms with van der Waals surface area (Å²) in [5.74, 6) is -1.90. The van der Waals surface area contributed by atoms with E-state index in [9.17, 15) is 9.59 Å². The number of halogens is 1. The topological polar surface area (TPSA) is 74.6 Å². The number of hydrogen-bond donors (Lipinski definition) is 2. The minimum absolute atomic E-state index is 0. The Morgan fingerprint density at radius 2 is 1.30 bits per heavy atom. The summed E-state index contributed by atoms with van der Waals surface area (Å²) in [6, 6.07) is 0. The van der Waals surface area contributed by atoms with Crippen LogP contribution < -0.4 is 0 Å². The molecule has 0 atom stereocenters. The fraction of sp³-hybridized carbons (Fsp3) is 0.600. The smallest absolute Gasteiger partial charge is 0.303 e. The summed E-state index contributed by atoms with van der Waals surface area (Å²) in [6.45, 7) is 0. The molecule has 0 aliphatic carbocycles. The minimum Gasteiger partial charge on any atom is -0.481 e. The van der Waals surface area contributed by atoms with Gasteiger partial charge in [-0.3, -0.25) is 14.3 Å². The van der Waals surface area contributed by atoms with Crippen LogP contribution in [0.15, 0.2) is 0 Å². The zero-order chi connectivity index (χ0) is 7.28. The molecule has 0 saturated heterocycles. The normalized spacial score (nSPS) is 8.00. The van der Waals surface area contributed by atoms with Crippen molar-refractivity contribution in [2.24, 2.45) is 0 Å². The second-order valence-electron chi connectivity index (χ2n) is 1.64. The van der Waals surface area contributed by atoms with Crippen molar-refractivity contribution in [2.45, 2.75) is 19.3 Å². The van der Waals surface area contributed by atoms with E-state index in [2.05, 4.69) is 0 Å². The number of hydrogen-bond acceptors (Lipinski definition) is 2. The van der Waals surface area contributed by atoms with E-state index in [4.69, 9.17) is 10.2 Å². The van der Waals surface area contributed by atoms with Gasteiger partial charge in [-0.1, -0.05) is 0 Å². The maximum atomic E-state index is 9.79. The lowest BCUT2D eigenvalue weighted by Gasteiger charge is -1.89. The van der Waals surface area contributed by atoms with Crippen LogP contribution in [-0.2, 0) is 9.59 Å². The molecule has 0 aromatic rings. The molecule has 5 heteroatoms. The molecule has 0 heterocycles. The van der Waals surface area contributed by atoms with Gasteiger partial charge in [0.2, 0.25) is 0 Å². The van der Waals surface area contributed by atoms with Crippen molar-refractivity contribution in [3.8, 4) is 0 Å². The summed E-state index contributed by atoms with van der Waals surface area (Å²) in [5.41, 5.74) is 0. The molecule has 4 nitrogen and oxygen atoms in total. The first kappa shape index (κ1) is 11.6. The molecule has 0 spiro atoms. The highest BCUT2D eigenvalue weighted by atomic mass is 19.0. The van der Waals surface area contributed by atoms with E-state index in [0.717, 1.165) is 0 Å². The molecule has 0 bridgehead atoms. The van der Waals surface area contributed by atoms with Crippen molar-refractivity contribution >= 4 is 11.9 Å². The average Bonchev–Trinajstić information content (AvgIpc) is 1.63. The zero-order valence-corrected chi connectivity index (χ0v) is 5.24. The van der Waals surface area contributed by atoms with Gasteiger partial charge in [-0.15, -0.1) is 0 Å². The van der Waals surface area contributed by atoms with Gasteiger partial charge in [-0.2, -0.15) is 0 Å². The maximum Gasteiger partial charge on any atom is 0.303 e. The van der Waals surface area contributed by atoms with E-state index in [1.165, 1.54) is 0 Å². The number of carboxylic acids is 2. The molecule has 0 unspecified atom stereocenters. The molecule has 0 aliphatic heterocycles. The van der Waals surface area contributed by atoms with Gasteiger partial charge in [0.25, 0.3) is 0 Å². The van der Waals surface area contributed by atoms with Gasteiger partial charge in [-0.25, -0.2) is 0 Å². The molecule has 0 aromatic heterocycles. The van der Waals surface area contributed by atoms with Gasteiger partial charge in [0, 0.05) is 12.8 Å². The molecule has 0 aliphatic rings. The second-order valence-corrected chi connectivity index (χ2v) is 1.64. The van der Waals surface area contributed by atoms with Crippen LogP contribution in [0.5, 0.6) is 0 Å². The molecule has 2 N–H and O–H groups in total. The lowest BCUT2D eigenvalue weighted by molar-refractivity contribution is -0.138. The molecule has 0 aromatic carbocycles. The first-order valence-electron chi connectivity index (χ1n) is 2.56. The zero-order valence-electron chi connectivity index (χ0n) is 5.24. The van der Waals surface area contributed by atoms with Gasteiger partial charge in [-0.05, 0) is 6.42 Å². The summed E-state index contributed by atoms with van der Waals surface area (Å²) in [7, 11) is 0. The number of aliphatic carboxylic acids is 2. The maximum absolute atomic E-state index is 9.79. The van der Waals surface area contributed by atoms with E-state index in [1.807, 2.05) is 0 Å². The first-order valence-corrected chi connectivity index (χ1v) is 2.56. The van der Waals surface area contributed by atoms with E-state index in [0.29, 0.717) is 0 Å². The Morgan fingerprint density at radius 3 is 1.50 bits per heavy atom. The number of carbonyl (C=O) groups is 2. The largest absolute Gasteiger partial charge is 0.481 e. The third-order valence-electron chi connectivity index (χ3n) is 0.781. The van der Waals surface area contributed by atoms with Crippen molar-refractivity contribution in [2.75, 3.05) is 0 Å². The van der Waals surface area contributed by atoms with E-state index >= 15 is 0 Å². The third-order valence-corrected chi connectivity index (χ3v) is 0.781. The second kappa shape index (κ2) is 6.00. The van der Waals surface area contributed by atoms with Crippen LogP contribution in [-0.4, -0.2) is 22.2 Å². The number of carboxylic acid groups (broad SMARTS) is 2. The highest BCUT2D eigenvalue weighted by molar-refractivity contribution is 5.69. The van der Waals surface area contributed by atoms with Crippen molar-refractivity contribution in [3.63, 3.8) is 0 Å². The SMILES string of the molecule is F.O=C(O)CCCC(=O)O. The van der Waals surface area contributed by atoms with Crippen LogP contribution in [0.25, 0.3) is 0 Å². The van der Waals surface area contributed by atoms with Crippen LogP contribution in [0, 0.1) is 0 Å². The van der Waals surface area contributed by atoms with Crippen LogP contribution in [0.2, 0.25) is 0 Å². The Labute approximate surface area is 56.8 Å². The van der Waals surface area contributed by atoms with Gasteiger partial charge in [0.15, 0.2) is 0 Å². The molecule has 0 radical (unpaired) electrons. The van der Waals surface area contributed by atoms with Crippen LogP contribution in [0.3, 0.4) is 0 Å². The van der Waals surface area contributed by atoms with Crippen molar-refractivity contribution < 1.29 is 24.5 Å². The molecule has 0 fully saturated rings. The van der Waals surface area contributed by atoms with Crippen LogP contribution in [0.1, 0.15) is 19.3 Å². The summed E-state index contributed by atoms with van der Waals surface area (Å²) in [5, 5.41) is 16.1. The molecule has 0 saturated carbocycles. The Morgan fingerprint density at radius 1 is 1.00 bits per heavy atom. The first-order chi connectivity index (χ1) is 4.13. The Bertz CT molecular complexity index is 109. The average molecular weight is 152 g/mol. The minimum atomic E-state index is -0.948. The molecule has 0 amide bonds. The van der Waals surface area contributed by atoms with Crippen molar-refractivity contribution in [3.05, 3.63) is 0 Å². The predicted octanol–water partition coefficient (Wildman–Crippen LogP) is 0.478. The third kappa shape index (κ3) is 9.98. The molecular weight excluding hydrogens is 143 g/mol. The van der Waals surface area contributed by atoms with E-state index < -0.39 is 11.9 Å². The van der Waals surface area contributed by atoms with Gasteiger partial charge < -0.3 is 10.2 Å². The summed E-state index contributed by atoms with van der Waals surface area (Å²) < 4.78 is 0. The summed E-state index contributed by atoms with van der Waals surface area (Å²) in [6.07, 6.45) is 0.0866. The lowest BCUT2D eigenvalue weighted by atomic mass is 10.2. The molecule has 10 heavy (non-hydrogen) atoms. The highest BCUT2D eigenvalue weighted by Crippen LogP contribution is 1.93. The van der Waals surface area contributed by atoms with E-state index in [-0.39, 0.29) is 24.0 Å². The fourth-order valence-electron chi connectivity index (χ4n) is 0.391. The fourth-order valence-corrected chi connectivity index (χ4v) is 0.391. The monoisotopic (exact) mass is 152 g/mol. The quantitative estimate of drug-likeness (QED) is 0.614. The summed E-state index contributed by atoms with van der Waals surface area (Å²) in [4.78, 5) is 19.6. The summed E-state index contributed by atoms with van der Waals surface area (Å²) >= 11 is 0. The van der Waals surface area contributed by atoms with Gasteiger partial charge >= 0.3 is 11.9 Å². The Hall–Kier alpha value is -1.13. The van der Waals surface area contributed by atoms with Gasteiger partial charge in [0.1, 0.15) is 0 Å². The molecule has 0 rings (SSSR count). The standard InChI is InChI=1S/C5H8O4.FH/c6-4(7)2-1-3-5(8)9;/h1-3H2,(H,6,7)(H,8,9);1H. The number of rotatable bonds is 4.